The van der Waals surface area contributed by atoms with Gasteiger partial charge in [0.05, 0.1) is 39.4 Å². The minimum absolute atomic E-state index is 0.0325. The molecule has 7 N–H and O–H groups in total. The number of rotatable bonds is 19. The number of nitrogens with one attached hydrogen (secondary N) is 1. The van der Waals surface area contributed by atoms with Gasteiger partial charge in [0, 0.05) is 54.6 Å². The van der Waals surface area contributed by atoms with Gasteiger partial charge < -0.3 is 69.3 Å². The number of likely N-dealkylation sites (tertiary alicyclic amines) is 1. The molecule has 0 radical (unpaired) electrons. The van der Waals surface area contributed by atoms with Crippen LogP contribution in [0.15, 0.2) is 237 Å². The first-order valence-electron chi connectivity index (χ1n) is 48.2. The van der Waals surface area contributed by atoms with Crippen molar-refractivity contribution in [2.45, 2.75) is 171 Å². The normalized spacial score (nSPS) is 17.3. The molecule has 22 nitrogen and oxygen atoms in total. The molecule has 2 aliphatic heterocycles. The molecule has 1 saturated heterocycles. The monoisotopic (exact) mass is 1950 g/mol. The maximum Gasteiger partial charge on any atom is 0.377 e. The van der Waals surface area contributed by atoms with Gasteiger partial charge in [0.15, 0.2) is 17.6 Å². The molecule has 0 spiro atoms. The number of esters is 3. The Hall–Kier alpha value is -13.2. The summed E-state index contributed by atoms with van der Waals surface area (Å²) in [7, 11) is 3.52. The molecule has 0 saturated carbocycles. The van der Waals surface area contributed by atoms with Crippen molar-refractivity contribution in [2.75, 3.05) is 60.8 Å². The molecule has 1 amide bonds. The molecular weight excluding hydrogens is 1830 g/mol. The van der Waals surface area contributed by atoms with Crippen molar-refractivity contribution in [3.63, 3.8) is 0 Å². The van der Waals surface area contributed by atoms with E-state index in [0.29, 0.717) is 75.0 Å². The van der Waals surface area contributed by atoms with Crippen LogP contribution in [-0.4, -0.2) is 180 Å². The number of amides is 1. The van der Waals surface area contributed by atoms with Gasteiger partial charge in [-0.05, 0) is 265 Å². The predicted molar refractivity (Wildman–Crippen MR) is 518 cm³/mol. The highest BCUT2D eigenvalue weighted by Crippen LogP contribution is 2.43. The highest BCUT2D eigenvalue weighted by Gasteiger charge is 2.53. The summed E-state index contributed by atoms with van der Waals surface area (Å²) in [5.41, 5.74) is 21.0. The van der Waals surface area contributed by atoms with Crippen molar-refractivity contribution >= 4 is 47.8 Å². The van der Waals surface area contributed by atoms with Gasteiger partial charge in [-0.15, -0.1) is 0 Å². The maximum absolute atomic E-state index is 15.3. The first-order valence-corrected chi connectivity index (χ1v) is 48.2. The third-order valence-corrected chi connectivity index (χ3v) is 28.5. The van der Waals surface area contributed by atoms with Crippen LogP contribution in [0.5, 0.6) is 11.5 Å². The summed E-state index contributed by atoms with van der Waals surface area (Å²) < 4.78 is 109. The number of aliphatic hydroxyl groups is 4. The van der Waals surface area contributed by atoms with Crippen molar-refractivity contribution in [1.29, 1.82) is 5.26 Å². The Morgan fingerprint density at radius 1 is 0.437 bits per heavy atom. The summed E-state index contributed by atoms with van der Waals surface area (Å²) in [6, 6.07) is 76.5. The van der Waals surface area contributed by atoms with Gasteiger partial charge in [0.2, 0.25) is 5.78 Å². The predicted octanol–water partition coefficient (Wildman–Crippen LogP) is 15.3. The molecule has 2 unspecified atom stereocenters. The van der Waals surface area contributed by atoms with E-state index in [2.05, 4.69) is 73.0 Å². The van der Waals surface area contributed by atoms with Crippen LogP contribution in [0.2, 0.25) is 0 Å². The minimum atomic E-state index is -3.63. The Kier molecular flexibility index (Phi) is 37.0. The summed E-state index contributed by atoms with van der Waals surface area (Å²) in [4.78, 5) is 91.4. The minimum Gasteiger partial charge on any atom is -0.486 e. The van der Waals surface area contributed by atoms with E-state index in [9.17, 15) is 71.2 Å². The van der Waals surface area contributed by atoms with Crippen molar-refractivity contribution in [3.8, 4) is 17.6 Å². The van der Waals surface area contributed by atoms with Crippen LogP contribution < -0.4 is 14.8 Å². The van der Waals surface area contributed by atoms with E-state index in [-0.39, 0.29) is 68.1 Å². The fourth-order valence-electron chi connectivity index (χ4n) is 20.6. The number of carbonyl (C=O) groups excluding carboxylic acids is 6. The van der Waals surface area contributed by atoms with Crippen LogP contribution in [0.4, 0.5) is 26.3 Å². The Bertz CT molecular complexity index is 5870. The van der Waals surface area contributed by atoms with Gasteiger partial charge in [-0.3, -0.25) is 14.4 Å². The average molecular weight is 1950 g/mol. The van der Waals surface area contributed by atoms with E-state index in [4.69, 9.17) is 30.1 Å². The number of benzene rings is 10. The zero-order chi connectivity index (χ0) is 101. The van der Waals surface area contributed by atoms with Crippen LogP contribution in [0, 0.1) is 64.6 Å². The summed E-state index contributed by atoms with van der Waals surface area (Å²) >= 11 is 0. The van der Waals surface area contributed by atoms with Crippen molar-refractivity contribution in [1.82, 2.24) is 10.2 Å². The SMILES string of the molecule is COC(=O)C(=O)C1Cc2ccccc2C1.COC(=O)C(F)(F)C1Cc2ccccc2C1.COC(=O)C(O)C1Cc2ccccc2C1.N#CC(O)C1Cc2ccccc2C1.O=C(N[C@H](CN1CCCC1)[C@H](O)c1ccc2c(c1)OCCO2)C(F)(F)C1Cc2ccccc2C1.O=C(O)C(F)(F)C1Cc2ccccc2C1.O=C(O)C1Cc2ccccc2C1.O=CC1Cc2ccccc2C1.OCC1Cc2ccccc2C1. The summed E-state index contributed by atoms with van der Waals surface area (Å²) in [5.74, 6) is -19.4. The number of aliphatic hydroxyl groups excluding tert-OH is 4. The van der Waals surface area contributed by atoms with E-state index < -0.39 is 101 Å². The topological polar surface area (TPSA) is 343 Å². The Morgan fingerprint density at radius 3 is 1.12 bits per heavy atom. The number of ketones is 1. The molecule has 10 aromatic carbocycles. The zero-order valence-corrected chi connectivity index (χ0v) is 79.6. The molecular formula is C114H121F6N3O19. The lowest BCUT2D eigenvalue weighted by molar-refractivity contribution is -0.176. The Labute approximate surface area is 822 Å². The number of ether oxygens (including phenoxy) is 5. The fourth-order valence-corrected chi connectivity index (χ4v) is 20.6. The number of aldehydes is 1. The van der Waals surface area contributed by atoms with E-state index in [1.165, 1.54) is 81.0 Å². The highest BCUT2D eigenvalue weighted by atomic mass is 19.3. The Morgan fingerprint density at radius 2 is 0.775 bits per heavy atom. The second-order valence-corrected chi connectivity index (χ2v) is 37.9. The number of nitriles is 1. The first-order chi connectivity index (χ1) is 68.3. The van der Waals surface area contributed by atoms with E-state index in [1.807, 2.05) is 152 Å². The summed E-state index contributed by atoms with van der Waals surface area (Å²) in [6.07, 6.45) is 11.1. The van der Waals surface area contributed by atoms with Crippen LogP contribution in [0.1, 0.15) is 125 Å². The third kappa shape index (κ3) is 27.0. The maximum atomic E-state index is 15.3. The smallest absolute Gasteiger partial charge is 0.377 e. The summed E-state index contributed by atoms with van der Waals surface area (Å²) in [5, 5.41) is 67.5. The lowest BCUT2D eigenvalue weighted by Gasteiger charge is -2.31. The van der Waals surface area contributed by atoms with E-state index in [0.717, 1.165) is 124 Å². The first kappa shape index (κ1) is 106. The molecule has 142 heavy (non-hydrogen) atoms. The second-order valence-electron chi connectivity index (χ2n) is 37.9. The van der Waals surface area contributed by atoms with Crippen LogP contribution in [-0.2, 0) is 168 Å². The van der Waals surface area contributed by atoms with Crippen LogP contribution in [0.3, 0.4) is 0 Å². The number of Topliss-reactive ketones (excluding diaryl/α,β-unsaturated/α-hetero) is 1. The molecule has 10 aromatic rings. The highest BCUT2D eigenvalue weighted by molar-refractivity contribution is 6.34. The lowest BCUT2D eigenvalue weighted by Crippen LogP contribution is -2.54. The number of aliphatic carboxylic acids is 2. The number of carbonyl (C=O) groups is 8. The molecule has 28 heteroatoms. The van der Waals surface area contributed by atoms with Crippen molar-refractivity contribution < 1.29 is 119 Å². The van der Waals surface area contributed by atoms with Gasteiger partial charge in [-0.2, -0.15) is 31.6 Å². The average Bonchev–Trinajstić information content (AvgIpc) is 1.61. The molecule has 9 aliphatic carbocycles. The number of hydrogen-bond donors (Lipinski definition) is 7. The molecule has 0 bridgehead atoms. The lowest BCUT2D eigenvalue weighted by atomic mass is 9.95. The number of fused-ring (bicyclic) bond motifs is 10. The van der Waals surface area contributed by atoms with Crippen molar-refractivity contribution in [2.24, 2.45) is 53.3 Å². The van der Waals surface area contributed by atoms with Gasteiger partial charge >= 0.3 is 47.6 Å². The van der Waals surface area contributed by atoms with Gasteiger partial charge in [-0.1, -0.05) is 224 Å². The molecule has 0 aromatic heterocycles. The largest absolute Gasteiger partial charge is 0.486 e. The molecule has 1 fully saturated rings. The summed E-state index contributed by atoms with van der Waals surface area (Å²) in [6.45, 7) is 3.10. The number of alkyl halides is 6. The molecule has 2 heterocycles. The third-order valence-electron chi connectivity index (χ3n) is 28.5. The number of halogens is 6. The number of methoxy groups -OCH3 is 3. The van der Waals surface area contributed by atoms with Crippen LogP contribution >= 0.6 is 0 Å². The van der Waals surface area contributed by atoms with Gasteiger partial charge in [0.25, 0.3) is 5.91 Å². The van der Waals surface area contributed by atoms with Crippen molar-refractivity contribution in [3.05, 3.63) is 342 Å². The molecule has 21 rings (SSSR count). The van der Waals surface area contributed by atoms with Gasteiger partial charge in [0.1, 0.15) is 31.7 Å². The quantitative estimate of drug-likeness (QED) is 0.00987. The molecule has 11 aliphatic rings. The van der Waals surface area contributed by atoms with E-state index in [1.54, 1.807) is 42.5 Å². The Balaban J connectivity index is 0.000000138. The standard InChI is InChI=1S/C26H30F2N2O4.C12H12F2O2.C12H14O3.C12H12O3.C11H10F2O2.C11H11NO.C10H10O2.C10H12O.C10H10O/c27-26(28,20-13-17-5-1-2-6-18(17)14-20)25(32)29-21(16-30-9-3-4-10-30)24(31)19-7-8-22-23(15-19)34-12-11-33-22;1-16-11(15)12(13,14)10-6-8-4-2-3-5-9(8)7-10;2*1-15-12(14)11(13)10-6-8-4-2-3-5-9(8)7-10;12-11(13,10(14)15)9-5-7-3-1-2-4-8(7)6-9;12-7-11(13)10-5-8-3-1-2-4-9(8)6-10;11-10(12)9-5-7-3-1-2-4-8(7)6-9;2*11-7-8-5-9-3-1-2-4-10(9)6-8/h1-2,5-8,15,20-21,24,31H,3-4,9-14,16H2,(H,29,32);2-5,10H,6-7H2,1H3;2-5,10-11,13H,6-7H2,1H3;2-5,10H,6-7H2,1H3;1-4,9H,5-6H2,(H,14,15);1-4,10-11,13H,5-6H2;1-4,9H,5-6H2,(H,11,12);1-4,8,11H,5-7H2;1-4,7-8H,5-6H2/t21-,24-;;;;;;;;/m1......../s1. The molecule has 748 valence electrons. The number of carboxylic acids is 2. The van der Waals surface area contributed by atoms with E-state index >= 15 is 8.78 Å². The van der Waals surface area contributed by atoms with Crippen LogP contribution in [0.25, 0.3) is 0 Å². The number of carboxylic acid groups (broad SMARTS) is 2. The molecule has 4 atom stereocenters. The number of hydrogen-bond acceptors (Lipinski definition) is 19. The number of nitrogens with zero attached hydrogens (tertiary/aromatic N) is 2. The fraction of sp³-hybridized carbons (Fsp3) is 0.395. The van der Waals surface area contributed by atoms with Gasteiger partial charge in [-0.25, -0.2) is 19.2 Å². The zero-order valence-electron chi connectivity index (χ0n) is 79.6. The second kappa shape index (κ2) is 49.5.